The minimum atomic E-state index is 0.543. The van der Waals surface area contributed by atoms with Gasteiger partial charge in [-0.25, -0.2) is 15.8 Å². The van der Waals surface area contributed by atoms with Gasteiger partial charge in [0.25, 0.3) is 0 Å². The van der Waals surface area contributed by atoms with Crippen LogP contribution in [0.1, 0.15) is 44.3 Å². The molecule has 0 aromatic carbocycles. The summed E-state index contributed by atoms with van der Waals surface area (Å²) in [7, 11) is 2.06. The minimum absolute atomic E-state index is 0.543. The quantitative estimate of drug-likeness (QED) is 0.582. The molecule has 1 heterocycles. The zero-order chi connectivity index (χ0) is 12.3. The molecule has 1 aliphatic carbocycles. The second-order valence-corrected chi connectivity index (χ2v) is 4.66. The first-order valence-corrected chi connectivity index (χ1v) is 6.31. The molecule has 0 unspecified atom stereocenters. The number of nitrogens with two attached hydrogens (primary N) is 1. The lowest BCUT2D eigenvalue weighted by Crippen LogP contribution is -2.21. The molecule has 1 aromatic rings. The van der Waals surface area contributed by atoms with E-state index in [0.717, 1.165) is 18.2 Å². The van der Waals surface area contributed by atoms with Gasteiger partial charge in [0.2, 0.25) is 0 Å². The SMILES string of the molecule is CCCCN(C)c1cc(NN)nc(C2CC2)n1. The number of aromatic nitrogens is 2. The van der Waals surface area contributed by atoms with Crippen LogP contribution in [0.25, 0.3) is 0 Å². The van der Waals surface area contributed by atoms with Crippen molar-refractivity contribution in [2.45, 2.75) is 38.5 Å². The Labute approximate surface area is 102 Å². The van der Waals surface area contributed by atoms with Crippen LogP contribution in [0.3, 0.4) is 0 Å². The minimum Gasteiger partial charge on any atom is -0.360 e. The van der Waals surface area contributed by atoms with E-state index in [1.807, 2.05) is 6.07 Å². The first-order valence-electron chi connectivity index (χ1n) is 6.31. The Morgan fingerprint density at radius 3 is 2.82 bits per heavy atom. The normalized spacial score (nSPS) is 14.8. The van der Waals surface area contributed by atoms with E-state index in [1.54, 1.807) is 0 Å². The second-order valence-electron chi connectivity index (χ2n) is 4.66. The summed E-state index contributed by atoms with van der Waals surface area (Å²) in [5.41, 5.74) is 2.62. The van der Waals surface area contributed by atoms with Gasteiger partial charge in [-0.05, 0) is 19.3 Å². The Morgan fingerprint density at radius 1 is 1.47 bits per heavy atom. The van der Waals surface area contributed by atoms with Gasteiger partial charge >= 0.3 is 0 Å². The molecule has 1 saturated carbocycles. The highest BCUT2D eigenvalue weighted by Crippen LogP contribution is 2.39. The van der Waals surface area contributed by atoms with Gasteiger partial charge in [0.1, 0.15) is 17.5 Å². The summed E-state index contributed by atoms with van der Waals surface area (Å²) in [6.07, 6.45) is 4.76. The molecule has 94 valence electrons. The summed E-state index contributed by atoms with van der Waals surface area (Å²) in [6.45, 7) is 3.21. The van der Waals surface area contributed by atoms with Crippen LogP contribution < -0.4 is 16.2 Å². The number of rotatable bonds is 6. The van der Waals surface area contributed by atoms with Crippen molar-refractivity contribution < 1.29 is 0 Å². The number of anilines is 2. The third-order valence-corrected chi connectivity index (χ3v) is 3.06. The van der Waals surface area contributed by atoms with Crippen LogP contribution in [0, 0.1) is 0 Å². The van der Waals surface area contributed by atoms with E-state index in [4.69, 9.17) is 5.84 Å². The van der Waals surface area contributed by atoms with Gasteiger partial charge in [0.15, 0.2) is 0 Å². The number of nitrogen functional groups attached to an aromatic ring is 1. The van der Waals surface area contributed by atoms with E-state index >= 15 is 0 Å². The second kappa shape index (κ2) is 5.31. The Morgan fingerprint density at radius 2 is 2.24 bits per heavy atom. The van der Waals surface area contributed by atoms with E-state index in [0.29, 0.717) is 11.7 Å². The monoisotopic (exact) mass is 235 g/mol. The van der Waals surface area contributed by atoms with Crippen molar-refractivity contribution in [2.24, 2.45) is 5.84 Å². The highest BCUT2D eigenvalue weighted by atomic mass is 15.3. The average molecular weight is 235 g/mol. The van der Waals surface area contributed by atoms with Gasteiger partial charge in [-0.1, -0.05) is 13.3 Å². The zero-order valence-corrected chi connectivity index (χ0v) is 10.6. The fraction of sp³-hybridized carbons (Fsp3) is 0.667. The summed E-state index contributed by atoms with van der Waals surface area (Å²) in [4.78, 5) is 11.2. The third kappa shape index (κ3) is 3.06. The predicted octanol–water partition coefficient (Wildman–Crippen LogP) is 1.88. The number of hydrogen-bond acceptors (Lipinski definition) is 5. The number of hydrogen-bond donors (Lipinski definition) is 2. The molecule has 0 aliphatic heterocycles. The predicted molar refractivity (Wildman–Crippen MR) is 70.0 cm³/mol. The first-order chi connectivity index (χ1) is 8.24. The maximum Gasteiger partial charge on any atom is 0.145 e. The van der Waals surface area contributed by atoms with Crippen molar-refractivity contribution in [2.75, 3.05) is 23.9 Å². The van der Waals surface area contributed by atoms with E-state index in [9.17, 15) is 0 Å². The topological polar surface area (TPSA) is 67.1 Å². The summed E-state index contributed by atoms with van der Waals surface area (Å²) in [5, 5.41) is 0. The van der Waals surface area contributed by atoms with E-state index in [-0.39, 0.29) is 0 Å². The highest BCUT2D eigenvalue weighted by Gasteiger charge is 2.27. The van der Waals surface area contributed by atoms with Crippen molar-refractivity contribution in [1.82, 2.24) is 9.97 Å². The molecular formula is C12H21N5. The molecule has 1 aromatic heterocycles. The molecule has 0 amide bonds. The number of nitrogens with one attached hydrogen (secondary N) is 1. The van der Waals surface area contributed by atoms with Gasteiger partial charge in [-0.3, -0.25) is 0 Å². The summed E-state index contributed by atoms with van der Waals surface area (Å²) < 4.78 is 0. The highest BCUT2D eigenvalue weighted by molar-refractivity contribution is 5.48. The van der Waals surface area contributed by atoms with Gasteiger partial charge < -0.3 is 10.3 Å². The lowest BCUT2D eigenvalue weighted by Gasteiger charge is -2.19. The average Bonchev–Trinajstić information content (AvgIpc) is 3.19. The van der Waals surface area contributed by atoms with Crippen molar-refractivity contribution in [3.05, 3.63) is 11.9 Å². The largest absolute Gasteiger partial charge is 0.360 e. The molecule has 5 nitrogen and oxygen atoms in total. The lowest BCUT2D eigenvalue weighted by atomic mass is 10.3. The molecule has 0 spiro atoms. The van der Waals surface area contributed by atoms with Crippen LogP contribution in [0.2, 0.25) is 0 Å². The van der Waals surface area contributed by atoms with E-state index in [2.05, 4.69) is 34.3 Å². The summed E-state index contributed by atoms with van der Waals surface area (Å²) >= 11 is 0. The van der Waals surface area contributed by atoms with Crippen molar-refractivity contribution in [1.29, 1.82) is 0 Å². The Bertz CT molecular complexity index is 375. The summed E-state index contributed by atoms with van der Waals surface area (Å²) in [5.74, 6) is 8.59. The van der Waals surface area contributed by atoms with Crippen LogP contribution >= 0.6 is 0 Å². The number of nitrogens with zero attached hydrogens (tertiary/aromatic N) is 3. The lowest BCUT2D eigenvalue weighted by molar-refractivity contribution is 0.753. The molecule has 0 saturated heterocycles. The molecule has 1 aliphatic rings. The van der Waals surface area contributed by atoms with Gasteiger partial charge in [-0.15, -0.1) is 0 Å². The van der Waals surface area contributed by atoms with E-state index in [1.165, 1.54) is 25.7 Å². The smallest absolute Gasteiger partial charge is 0.145 e. The molecule has 17 heavy (non-hydrogen) atoms. The Balaban J connectivity index is 2.16. The van der Waals surface area contributed by atoms with Crippen molar-refractivity contribution in [3.8, 4) is 0 Å². The van der Waals surface area contributed by atoms with E-state index < -0.39 is 0 Å². The Kier molecular flexibility index (Phi) is 3.78. The molecule has 5 heteroatoms. The molecule has 0 radical (unpaired) electrons. The van der Waals surface area contributed by atoms with Crippen LogP contribution in [0.5, 0.6) is 0 Å². The molecule has 0 bridgehead atoms. The fourth-order valence-electron chi connectivity index (χ4n) is 1.76. The van der Waals surface area contributed by atoms with Crippen molar-refractivity contribution >= 4 is 11.6 Å². The molecule has 2 rings (SSSR count). The zero-order valence-electron chi connectivity index (χ0n) is 10.6. The van der Waals surface area contributed by atoms with Crippen LogP contribution in [0.4, 0.5) is 11.6 Å². The first kappa shape index (κ1) is 12.1. The van der Waals surface area contributed by atoms with Gasteiger partial charge in [-0.2, -0.15) is 0 Å². The fourth-order valence-corrected chi connectivity index (χ4v) is 1.76. The number of unbranched alkanes of at least 4 members (excludes halogenated alkanes) is 1. The summed E-state index contributed by atoms with van der Waals surface area (Å²) in [6, 6.07) is 1.90. The molecule has 1 fully saturated rings. The van der Waals surface area contributed by atoms with Gasteiger partial charge in [0.05, 0.1) is 0 Å². The molecule has 3 N–H and O–H groups in total. The van der Waals surface area contributed by atoms with Crippen molar-refractivity contribution in [3.63, 3.8) is 0 Å². The standard InChI is InChI=1S/C12H21N5/c1-3-4-7-17(2)11-8-10(16-13)14-12(15-11)9-5-6-9/h8-9H,3-7,13H2,1-2H3,(H,14,15,16). The Hall–Kier alpha value is -1.36. The van der Waals surface area contributed by atoms with Crippen LogP contribution in [-0.2, 0) is 0 Å². The molecular weight excluding hydrogens is 214 g/mol. The molecule has 0 atom stereocenters. The van der Waals surface area contributed by atoms with Crippen LogP contribution in [0.15, 0.2) is 6.07 Å². The van der Waals surface area contributed by atoms with Crippen LogP contribution in [-0.4, -0.2) is 23.6 Å². The third-order valence-electron chi connectivity index (χ3n) is 3.06. The maximum absolute atomic E-state index is 5.45. The maximum atomic E-state index is 5.45. The number of hydrazine groups is 1. The van der Waals surface area contributed by atoms with Gasteiger partial charge in [0, 0.05) is 25.6 Å².